The van der Waals surface area contributed by atoms with Gasteiger partial charge in [-0.05, 0) is 41.1 Å². The molecule has 1 aliphatic rings. The quantitative estimate of drug-likeness (QED) is 0.413. The summed E-state index contributed by atoms with van der Waals surface area (Å²) < 4.78 is 38.7. The first-order valence-corrected chi connectivity index (χ1v) is 11.2. The van der Waals surface area contributed by atoms with Crippen LogP contribution in [0.15, 0.2) is 78.9 Å². The first kappa shape index (κ1) is 22.6. The number of piperazine rings is 1. The number of halogens is 3. The monoisotopic (exact) mass is 477 g/mol. The van der Waals surface area contributed by atoms with Crippen molar-refractivity contribution in [3.05, 3.63) is 84.4 Å². The van der Waals surface area contributed by atoms with Gasteiger partial charge in [-0.2, -0.15) is 13.2 Å². The van der Waals surface area contributed by atoms with Crippen molar-refractivity contribution in [3.8, 4) is 11.3 Å². The van der Waals surface area contributed by atoms with Crippen LogP contribution in [0.25, 0.3) is 22.0 Å². The van der Waals surface area contributed by atoms with Gasteiger partial charge in [0.2, 0.25) is 0 Å². The number of nitrogens with one attached hydrogen (secondary N) is 1. The Morgan fingerprint density at radius 3 is 2.31 bits per heavy atom. The molecule has 0 bridgehead atoms. The van der Waals surface area contributed by atoms with Gasteiger partial charge < -0.3 is 15.1 Å². The van der Waals surface area contributed by atoms with Crippen LogP contribution in [0.5, 0.6) is 0 Å². The zero-order chi connectivity index (χ0) is 24.4. The maximum absolute atomic E-state index is 12.9. The van der Waals surface area contributed by atoms with Crippen LogP contribution in [0.2, 0.25) is 0 Å². The largest absolute Gasteiger partial charge is 0.416 e. The summed E-state index contributed by atoms with van der Waals surface area (Å²) in [7, 11) is 0. The standard InChI is InChI=1S/C26H22F3N5O/c27-26(28,29)19-7-4-8-20(17-19)30-25(35)34-15-13-33(14-16-34)24-12-11-23(31-32-24)22-10-3-6-18-5-1-2-9-21(18)22/h1-12,17H,13-16H2,(H,30,35). The fraction of sp³-hybridized carbons (Fsp3) is 0.192. The number of aromatic nitrogens is 2. The number of fused-ring (bicyclic) bond motifs is 1. The molecule has 4 aromatic rings. The molecule has 1 fully saturated rings. The number of nitrogens with zero attached hydrogens (tertiary/aromatic N) is 4. The molecule has 6 nitrogen and oxygen atoms in total. The van der Waals surface area contributed by atoms with E-state index in [9.17, 15) is 18.0 Å². The average Bonchev–Trinajstić information content (AvgIpc) is 2.88. The third-order valence-corrected chi connectivity index (χ3v) is 6.05. The Hall–Kier alpha value is -4.14. The molecule has 0 aliphatic carbocycles. The number of anilines is 2. The fourth-order valence-corrected chi connectivity index (χ4v) is 4.20. The Morgan fingerprint density at radius 1 is 0.829 bits per heavy atom. The highest BCUT2D eigenvalue weighted by Gasteiger charge is 2.31. The van der Waals surface area contributed by atoms with E-state index in [-0.39, 0.29) is 5.69 Å². The highest BCUT2D eigenvalue weighted by atomic mass is 19.4. The van der Waals surface area contributed by atoms with Gasteiger partial charge in [-0.3, -0.25) is 0 Å². The van der Waals surface area contributed by atoms with E-state index >= 15 is 0 Å². The average molecular weight is 477 g/mol. The number of urea groups is 1. The maximum atomic E-state index is 12.9. The molecule has 0 unspecified atom stereocenters. The van der Waals surface area contributed by atoms with Crippen molar-refractivity contribution < 1.29 is 18.0 Å². The fourth-order valence-electron chi connectivity index (χ4n) is 4.20. The number of alkyl halides is 3. The first-order chi connectivity index (χ1) is 16.9. The summed E-state index contributed by atoms with van der Waals surface area (Å²) >= 11 is 0. The van der Waals surface area contributed by atoms with Gasteiger partial charge in [0.25, 0.3) is 0 Å². The topological polar surface area (TPSA) is 61.4 Å². The van der Waals surface area contributed by atoms with E-state index in [4.69, 9.17) is 0 Å². The lowest BCUT2D eigenvalue weighted by Gasteiger charge is -2.35. The van der Waals surface area contributed by atoms with Crippen LogP contribution < -0.4 is 10.2 Å². The summed E-state index contributed by atoms with van der Waals surface area (Å²) in [6, 6.07) is 22.2. The number of carbonyl (C=O) groups excluding carboxylic acids is 1. The van der Waals surface area contributed by atoms with E-state index in [1.54, 1.807) is 4.90 Å². The first-order valence-electron chi connectivity index (χ1n) is 11.2. The molecule has 35 heavy (non-hydrogen) atoms. The molecule has 178 valence electrons. The highest BCUT2D eigenvalue weighted by molar-refractivity contribution is 5.95. The number of hydrogen-bond acceptors (Lipinski definition) is 4. The number of carbonyl (C=O) groups is 1. The summed E-state index contributed by atoms with van der Waals surface area (Å²) in [5.74, 6) is 0.715. The third-order valence-electron chi connectivity index (χ3n) is 6.05. The van der Waals surface area contributed by atoms with Crippen molar-refractivity contribution in [2.45, 2.75) is 6.18 Å². The Labute approximate surface area is 200 Å². The Morgan fingerprint density at radius 2 is 1.57 bits per heavy atom. The molecule has 9 heteroatoms. The van der Waals surface area contributed by atoms with Crippen molar-refractivity contribution in [2.24, 2.45) is 0 Å². The Bertz CT molecular complexity index is 1340. The Balaban J connectivity index is 1.22. The molecule has 3 aromatic carbocycles. The van der Waals surface area contributed by atoms with Crippen molar-refractivity contribution in [1.29, 1.82) is 0 Å². The maximum Gasteiger partial charge on any atom is 0.416 e. The Kier molecular flexibility index (Phi) is 5.98. The van der Waals surface area contributed by atoms with Gasteiger partial charge in [-0.25, -0.2) is 4.79 Å². The van der Waals surface area contributed by atoms with Crippen LogP contribution in [0.3, 0.4) is 0 Å². The number of amides is 2. The van der Waals surface area contributed by atoms with Crippen LogP contribution in [0.4, 0.5) is 29.5 Å². The molecular weight excluding hydrogens is 455 g/mol. The summed E-state index contributed by atoms with van der Waals surface area (Å²) in [4.78, 5) is 16.2. The summed E-state index contributed by atoms with van der Waals surface area (Å²) in [6.07, 6.45) is -4.46. The van der Waals surface area contributed by atoms with Crippen LogP contribution in [-0.2, 0) is 6.18 Å². The number of benzene rings is 3. The van der Waals surface area contributed by atoms with Crippen LogP contribution in [-0.4, -0.2) is 47.3 Å². The second-order valence-electron chi connectivity index (χ2n) is 8.29. The van der Waals surface area contributed by atoms with Crippen molar-refractivity contribution in [3.63, 3.8) is 0 Å². The minimum absolute atomic E-state index is 0.113. The molecule has 1 aromatic heterocycles. The summed E-state index contributed by atoms with van der Waals surface area (Å²) in [5.41, 5.74) is 1.11. The van der Waals surface area contributed by atoms with Gasteiger partial charge >= 0.3 is 12.2 Å². The molecule has 0 saturated carbocycles. The lowest BCUT2D eigenvalue weighted by Crippen LogP contribution is -2.50. The van der Waals surface area contributed by atoms with Gasteiger partial charge in [-0.1, -0.05) is 48.5 Å². The molecule has 2 amide bonds. The molecule has 1 aliphatic heterocycles. The summed E-state index contributed by atoms with van der Waals surface area (Å²) in [5, 5.41) is 13.6. The number of rotatable bonds is 3. The minimum Gasteiger partial charge on any atom is -0.352 e. The van der Waals surface area contributed by atoms with Crippen LogP contribution in [0.1, 0.15) is 5.56 Å². The molecule has 1 saturated heterocycles. The molecule has 0 atom stereocenters. The lowest BCUT2D eigenvalue weighted by atomic mass is 10.0. The van der Waals surface area contributed by atoms with Crippen molar-refractivity contribution in [2.75, 3.05) is 36.4 Å². The normalized spacial score (nSPS) is 14.3. The van der Waals surface area contributed by atoms with Gasteiger partial charge in [-0.15, -0.1) is 10.2 Å². The van der Waals surface area contributed by atoms with Crippen LogP contribution in [0, 0.1) is 0 Å². The second kappa shape index (κ2) is 9.25. The third kappa shape index (κ3) is 4.89. The van der Waals surface area contributed by atoms with Gasteiger partial charge in [0.15, 0.2) is 5.82 Å². The molecule has 0 spiro atoms. The van der Waals surface area contributed by atoms with E-state index in [1.165, 1.54) is 12.1 Å². The molecular formula is C26H22F3N5O. The minimum atomic E-state index is -4.46. The molecule has 1 N–H and O–H groups in total. The molecule has 2 heterocycles. The molecule has 0 radical (unpaired) electrons. The number of hydrogen-bond donors (Lipinski definition) is 1. The predicted molar refractivity (Wildman–Crippen MR) is 129 cm³/mol. The van der Waals surface area contributed by atoms with E-state index in [2.05, 4.69) is 33.7 Å². The molecule has 5 rings (SSSR count). The van der Waals surface area contributed by atoms with Gasteiger partial charge in [0, 0.05) is 37.4 Å². The zero-order valence-corrected chi connectivity index (χ0v) is 18.7. The highest BCUT2D eigenvalue weighted by Crippen LogP contribution is 2.31. The van der Waals surface area contributed by atoms with Crippen LogP contribution >= 0.6 is 0 Å². The SMILES string of the molecule is O=C(Nc1cccc(C(F)(F)F)c1)N1CCN(c2ccc(-c3cccc4ccccc34)nn2)CC1. The van der Waals surface area contributed by atoms with Crippen molar-refractivity contribution in [1.82, 2.24) is 15.1 Å². The zero-order valence-electron chi connectivity index (χ0n) is 18.7. The van der Waals surface area contributed by atoms with Gasteiger partial charge in [0.1, 0.15) is 0 Å². The van der Waals surface area contributed by atoms with E-state index < -0.39 is 17.8 Å². The van der Waals surface area contributed by atoms with E-state index in [0.29, 0.717) is 32.0 Å². The lowest BCUT2D eigenvalue weighted by molar-refractivity contribution is -0.137. The smallest absolute Gasteiger partial charge is 0.352 e. The summed E-state index contributed by atoms with van der Waals surface area (Å²) in [6.45, 7) is 1.91. The predicted octanol–water partition coefficient (Wildman–Crippen LogP) is 5.67. The van der Waals surface area contributed by atoms with E-state index in [1.807, 2.05) is 41.3 Å². The van der Waals surface area contributed by atoms with E-state index in [0.717, 1.165) is 34.2 Å². The van der Waals surface area contributed by atoms with Crippen molar-refractivity contribution >= 4 is 28.3 Å². The second-order valence-corrected chi connectivity index (χ2v) is 8.29. The van der Waals surface area contributed by atoms with Gasteiger partial charge in [0.05, 0.1) is 11.3 Å².